The van der Waals surface area contributed by atoms with Crippen LogP contribution in [0.15, 0.2) is 0 Å². The second-order valence-corrected chi connectivity index (χ2v) is 9.15. The van der Waals surface area contributed by atoms with Gasteiger partial charge in [0.25, 0.3) is 0 Å². The molecule has 1 heterocycles. The second-order valence-electron chi connectivity index (χ2n) is 9.15. The van der Waals surface area contributed by atoms with Gasteiger partial charge in [-0.2, -0.15) is 0 Å². The van der Waals surface area contributed by atoms with Crippen molar-refractivity contribution in [3.63, 3.8) is 0 Å². The summed E-state index contributed by atoms with van der Waals surface area (Å²) in [7, 11) is 2.47. The molecule has 1 aliphatic rings. The summed E-state index contributed by atoms with van der Waals surface area (Å²) < 4.78 is 1.37. The molecule has 0 aliphatic carbocycles. The van der Waals surface area contributed by atoms with E-state index in [2.05, 4.69) is 14.0 Å². The highest BCUT2D eigenvalue weighted by Crippen LogP contribution is 2.18. The van der Waals surface area contributed by atoms with Crippen LogP contribution in [0.4, 0.5) is 0 Å². The van der Waals surface area contributed by atoms with Crippen LogP contribution in [0.1, 0.15) is 129 Å². The van der Waals surface area contributed by atoms with E-state index in [4.69, 9.17) is 0 Å². The van der Waals surface area contributed by atoms with Gasteiger partial charge in [0, 0.05) is 12.8 Å². The lowest BCUT2D eigenvalue weighted by atomic mass is 10.0. The Kier molecular flexibility index (Phi) is 18.8. The fourth-order valence-electron chi connectivity index (χ4n) is 4.54. The van der Waals surface area contributed by atoms with Crippen molar-refractivity contribution in [2.75, 3.05) is 26.7 Å². The first-order valence-electron chi connectivity index (χ1n) is 12.1. The molecule has 0 saturated carbocycles. The molecular formula is C24H50ClN. The fourth-order valence-corrected chi connectivity index (χ4v) is 4.54. The zero-order valence-corrected chi connectivity index (χ0v) is 19.1. The molecule has 0 unspecified atom stereocenters. The molecule has 0 aromatic carbocycles. The second kappa shape index (κ2) is 18.6. The Morgan fingerprint density at radius 2 is 0.808 bits per heavy atom. The predicted octanol–water partition coefficient (Wildman–Crippen LogP) is 4.88. The van der Waals surface area contributed by atoms with Crippen molar-refractivity contribution in [2.45, 2.75) is 129 Å². The molecule has 0 spiro atoms. The minimum absolute atomic E-state index is 0. The smallest absolute Gasteiger partial charge is 0.0786 e. The van der Waals surface area contributed by atoms with Gasteiger partial charge in [0.15, 0.2) is 0 Å². The summed E-state index contributed by atoms with van der Waals surface area (Å²) in [5.41, 5.74) is 0. The molecule has 0 amide bonds. The highest BCUT2D eigenvalue weighted by Gasteiger charge is 2.25. The van der Waals surface area contributed by atoms with Crippen molar-refractivity contribution in [3.8, 4) is 0 Å². The van der Waals surface area contributed by atoms with E-state index in [-0.39, 0.29) is 12.4 Å². The average Bonchev–Trinajstić information content (AvgIpc) is 3.04. The molecule has 1 aliphatic heterocycles. The number of unbranched alkanes of at least 4 members (excludes halogenated alkanes) is 16. The van der Waals surface area contributed by atoms with Crippen LogP contribution in [-0.2, 0) is 0 Å². The van der Waals surface area contributed by atoms with Crippen molar-refractivity contribution in [2.24, 2.45) is 0 Å². The van der Waals surface area contributed by atoms with Crippen LogP contribution in [-0.4, -0.2) is 31.2 Å². The molecule has 1 nitrogen and oxygen atoms in total. The number of rotatable bonds is 18. The van der Waals surface area contributed by atoms with Crippen LogP contribution in [0.5, 0.6) is 0 Å². The van der Waals surface area contributed by atoms with Gasteiger partial charge in [0.05, 0.1) is 26.7 Å². The number of quaternary nitrogens is 1. The Labute approximate surface area is 172 Å². The van der Waals surface area contributed by atoms with Gasteiger partial charge in [0.1, 0.15) is 0 Å². The van der Waals surface area contributed by atoms with Crippen LogP contribution < -0.4 is 12.4 Å². The molecule has 0 atom stereocenters. The summed E-state index contributed by atoms with van der Waals surface area (Å²) in [5, 5.41) is 0. The van der Waals surface area contributed by atoms with E-state index in [1.54, 1.807) is 0 Å². The molecular weight excluding hydrogens is 338 g/mol. The van der Waals surface area contributed by atoms with E-state index < -0.39 is 0 Å². The summed E-state index contributed by atoms with van der Waals surface area (Å²) in [6.07, 6.45) is 28.0. The summed E-state index contributed by atoms with van der Waals surface area (Å²) in [6.45, 7) is 6.63. The van der Waals surface area contributed by atoms with E-state index in [0.717, 1.165) is 0 Å². The highest BCUT2D eigenvalue weighted by atomic mass is 35.5. The van der Waals surface area contributed by atoms with E-state index in [9.17, 15) is 0 Å². The number of nitrogens with zero attached hydrogens (tertiary/aromatic N) is 1. The van der Waals surface area contributed by atoms with E-state index in [0.29, 0.717) is 0 Å². The number of likely N-dealkylation sites (tertiary alicyclic amines) is 1. The van der Waals surface area contributed by atoms with Crippen molar-refractivity contribution >= 4 is 0 Å². The maximum Gasteiger partial charge on any atom is 0.0786 e. The lowest BCUT2D eigenvalue weighted by Gasteiger charge is -2.29. The lowest BCUT2D eigenvalue weighted by molar-refractivity contribution is -0.897. The van der Waals surface area contributed by atoms with Crippen LogP contribution in [0.3, 0.4) is 0 Å². The molecule has 0 bridgehead atoms. The molecule has 1 saturated heterocycles. The van der Waals surface area contributed by atoms with Crippen LogP contribution in [0.25, 0.3) is 0 Å². The standard InChI is InChI=1S/C24H50N.ClH/c1-3-4-5-6-7-8-9-10-11-12-13-14-15-16-17-18-19-22-25(2)23-20-21-24-25;/h3-24H2,1-2H3;1H/q+1;/p-1. The first-order valence-corrected chi connectivity index (χ1v) is 12.1. The first-order chi connectivity index (χ1) is 12.3. The Morgan fingerprint density at radius 1 is 0.500 bits per heavy atom. The third kappa shape index (κ3) is 15.3. The van der Waals surface area contributed by atoms with Crippen molar-refractivity contribution in [3.05, 3.63) is 0 Å². The zero-order valence-electron chi connectivity index (χ0n) is 18.4. The quantitative estimate of drug-likeness (QED) is 0.232. The molecule has 0 aromatic heterocycles. The molecule has 1 fully saturated rings. The average molecular weight is 388 g/mol. The molecule has 1 rings (SSSR count). The van der Waals surface area contributed by atoms with Crippen molar-refractivity contribution < 1.29 is 16.9 Å². The summed E-state index contributed by atoms with van der Waals surface area (Å²) in [4.78, 5) is 0. The van der Waals surface area contributed by atoms with Gasteiger partial charge in [-0.15, -0.1) is 0 Å². The molecule has 158 valence electrons. The van der Waals surface area contributed by atoms with Gasteiger partial charge in [-0.25, -0.2) is 0 Å². The van der Waals surface area contributed by atoms with Crippen molar-refractivity contribution in [1.82, 2.24) is 0 Å². The van der Waals surface area contributed by atoms with Crippen molar-refractivity contribution in [1.29, 1.82) is 0 Å². The van der Waals surface area contributed by atoms with Gasteiger partial charge in [-0.1, -0.05) is 103 Å². The van der Waals surface area contributed by atoms with Gasteiger partial charge >= 0.3 is 0 Å². The largest absolute Gasteiger partial charge is 1.00 e. The molecule has 0 aromatic rings. The highest BCUT2D eigenvalue weighted by molar-refractivity contribution is 4.53. The maximum atomic E-state index is 2.47. The topological polar surface area (TPSA) is 0 Å². The van der Waals surface area contributed by atoms with E-state index >= 15 is 0 Å². The zero-order chi connectivity index (χ0) is 18.1. The Bertz CT molecular complexity index is 273. The SMILES string of the molecule is CCCCCCCCCCCCCCCCCCC[N+]1(C)CCCC1.[Cl-]. The Hall–Kier alpha value is 0.250. The van der Waals surface area contributed by atoms with E-state index in [1.165, 1.54) is 146 Å². The summed E-state index contributed by atoms with van der Waals surface area (Å²) >= 11 is 0. The first kappa shape index (κ1) is 26.2. The molecule has 26 heavy (non-hydrogen) atoms. The van der Waals surface area contributed by atoms with Gasteiger partial charge in [0.2, 0.25) is 0 Å². The lowest BCUT2D eigenvalue weighted by Crippen LogP contribution is -3.00. The summed E-state index contributed by atoms with van der Waals surface area (Å²) in [6, 6.07) is 0. The van der Waals surface area contributed by atoms with Gasteiger partial charge in [-0.3, -0.25) is 0 Å². The predicted molar refractivity (Wildman–Crippen MR) is 114 cm³/mol. The molecule has 0 radical (unpaired) electrons. The number of hydrogen-bond donors (Lipinski definition) is 0. The minimum Gasteiger partial charge on any atom is -1.00 e. The third-order valence-corrected chi connectivity index (χ3v) is 6.45. The van der Waals surface area contributed by atoms with Gasteiger partial charge in [-0.05, 0) is 12.8 Å². The van der Waals surface area contributed by atoms with Gasteiger partial charge < -0.3 is 16.9 Å². The fraction of sp³-hybridized carbons (Fsp3) is 1.00. The van der Waals surface area contributed by atoms with Crippen LogP contribution >= 0.6 is 0 Å². The molecule has 0 N–H and O–H groups in total. The number of halogens is 1. The monoisotopic (exact) mass is 387 g/mol. The third-order valence-electron chi connectivity index (χ3n) is 6.45. The Morgan fingerprint density at radius 3 is 1.15 bits per heavy atom. The maximum absolute atomic E-state index is 2.47. The molecule has 2 heteroatoms. The minimum atomic E-state index is 0. The number of hydrogen-bond acceptors (Lipinski definition) is 0. The van der Waals surface area contributed by atoms with Crippen LogP contribution in [0, 0.1) is 0 Å². The summed E-state index contributed by atoms with van der Waals surface area (Å²) in [5.74, 6) is 0. The van der Waals surface area contributed by atoms with E-state index in [1.807, 2.05) is 0 Å². The Balaban J connectivity index is 0.00000625. The van der Waals surface area contributed by atoms with Crippen LogP contribution in [0.2, 0.25) is 0 Å². The normalized spacial score (nSPS) is 15.9.